The number of aromatic nitrogens is 2. The third kappa shape index (κ3) is 4.01. The van der Waals surface area contributed by atoms with Crippen LogP contribution in [0, 0.1) is 6.92 Å². The molecule has 0 saturated heterocycles. The van der Waals surface area contributed by atoms with E-state index in [-0.39, 0.29) is 23.6 Å². The number of alkyl halides is 3. The van der Waals surface area contributed by atoms with Gasteiger partial charge in [-0.3, -0.25) is 0 Å². The van der Waals surface area contributed by atoms with Crippen LogP contribution in [0.25, 0.3) is 22.9 Å². The quantitative estimate of drug-likeness (QED) is 0.457. The van der Waals surface area contributed by atoms with E-state index in [2.05, 4.69) is 0 Å². The molecule has 2 aromatic carbocycles. The molecule has 4 nitrogen and oxygen atoms in total. The lowest BCUT2D eigenvalue weighted by molar-refractivity contribution is -0.670. The zero-order chi connectivity index (χ0) is 22.9. The Morgan fingerprint density at radius 3 is 2.50 bits per heavy atom. The SMILES string of the molecule is Cc1cccn2c(=O)c(-c3cccc(C(F)(F)F)c3)c(O)[n+](CC=Cc3ccccc3)c12. The summed E-state index contributed by atoms with van der Waals surface area (Å²) in [6.07, 6.45) is 0.667. The molecule has 0 fully saturated rings. The summed E-state index contributed by atoms with van der Waals surface area (Å²) in [5.74, 6) is -0.388. The molecule has 4 aromatic rings. The van der Waals surface area contributed by atoms with E-state index in [9.17, 15) is 23.1 Å². The van der Waals surface area contributed by atoms with Crippen LogP contribution >= 0.6 is 0 Å². The van der Waals surface area contributed by atoms with Crippen LogP contribution in [0.15, 0.2) is 83.8 Å². The number of allylic oxidation sites excluding steroid dienone is 1. The summed E-state index contributed by atoms with van der Waals surface area (Å²) in [7, 11) is 0. The number of hydrogen-bond donors (Lipinski definition) is 1. The van der Waals surface area contributed by atoms with Gasteiger partial charge in [-0.1, -0.05) is 48.5 Å². The Morgan fingerprint density at radius 2 is 1.78 bits per heavy atom. The third-order valence-electron chi connectivity index (χ3n) is 5.21. The maximum absolute atomic E-state index is 13.2. The number of halogens is 3. The van der Waals surface area contributed by atoms with Crippen molar-refractivity contribution in [2.75, 3.05) is 0 Å². The number of hydrogen-bond acceptors (Lipinski definition) is 2. The number of benzene rings is 2. The third-order valence-corrected chi connectivity index (χ3v) is 5.21. The van der Waals surface area contributed by atoms with Crippen molar-refractivity contribution in [2.24, 2.45) is 0 Å². The van der Waals surface area contributed by atoms with Gasteiger partial charge in [0.2, 0.25) is 0 Å². The number of aryl methyl sites for hydroxylation is 1. The minimum absolute atomic E-state index is 0.000907. The highest BCUT2D eigenvalue weighted by atomic mass is 19.4. The maximum Gasteiger partial charge on any atom is 0.416 e. The van der Waals surface area contributed by atoms with Crippen LogP contribution < -0.4 is 10.1 Å². The zero-order valence-corrected chi connectivity index (χ0v) is 17.2. The number of pyridine rings is 1. The van der Waals surface area contributed by atoms with Crippen molar-refractivity contribution < 1.29 is 22.8 Å². The first-order chi connectivity index (χ1) is 15.3. The average Bonchev–Trinajstić information content (AvgIpc) is 2.77. The van der Waals surface area contributed by atoms with E-state index in [1.165, 1.54) is 21.1 Å². The van der Waals surface area contributed by atoms with E-state index in [1.807, 2.05) is 42.5 Å². The molecule has 0 saturated carbocycles. The predicted molar refractivity (Wildman–Crippen MR) is 116 cm³/mol. The van der Waals surface area contributed by atoms with Crippen molar-refractivity contribution in [2.45, 2.75) is 19.6 Å². The maximum atomic E-state index is 13.2. The number of aromatic hydroxyl groups is 1. The second-order valence-corrected chi connectivity index (χ2v) is 7.39. The van der Waals surface area contributed by atoms with Crippen molar-refractivity contribution in [1.82, 2.24) is 4.40 Å². The van der Waals surface area contributed by atoms with Gasteiger partial charge in [0.25, 0.3) is 11.5 Å². The lowest BCUT2D eigenvalue weighted by Crippen LogP contribution is -2.41. The van der Waals surface area contributed by atoms with Gasteiger partial charge >= 0.3 is 11.7 Å². The molecule has 1 N–H and O–H groups in total. The average molecular weight is 437 g/mol. The highest BCUT2D eigenvalue weighted by molar-refractivity contribution is 5.68. The molecule has 0 atom stereocenters. The van der Waals surface area contributed by atoms with E-state index in [0.717, 1.165) is 23.3 Å². The van der Waals surface area contributed by atoms with Gasteiger partial charge in [-0.25, -0.2) is 4.79 Å². The molecule has 0 spiro atoms. The van der Waals surface area contributed by atoms with E-state index in [1.54, 1.807) is 25.3 Å². The highest BCUT2D eigenvalue weighted by Crippen LogP contribution is 2.33. The Kier molecular flexibility index (Phi) is 5.57. The summed E-state index contributed by atoms with van der Waals surface area (Å²) in [4.78, 5) is 13.2. The Balaban J connectivity index is 1.92. The van der Waals surface area contributed by atoms with Gasteiger partial charge in [-0.05, 0) is 48.4 Å². The number of fused-ring (bicyclic) bond motifs is 1. The smallest absolute Gasteiger partial charge is 0.416 e. The van der Waals surface area contributed by atoms with Gasteiger partial charge in [0.15, 0.2) is 5.56 Å². The molecule has 2 heterocycles. The van der Waals surface area contributed by atoms with Gasteiger partial charge < -0.3 is 5.11 Å². The van der Waals surface area contributed by atoms with Gasteiger partial charge in [0.05, 0.1) is 11.8 Å². The first-order valence-corrected chi connectivity index (χ1v) is 9.93. The summed E-state index contributed by atoms with van der Waals surface area (Å²) in [6.45, 7) is 2.01. The highest BCUT2D eigenvalue weighted by Gasteiger charge is 2.32. The summed E-state index contributed by atoms with van der Waals surface area (Å²) >= 11 is 0. The molecule has 0 radical (unpaired) electrons. The fourth-order valence-corrected chi connectivity index (χ4v) is 3.70. The number of nitrogens with zero attached hydrogens (tertiary/aromatic N) is 2. The molecule has 4 rings (SSSR count). The van der Waals surface area contributed by atoms with E-state index < -0.39 is 17.3 Å². The summed E-state index contributed by atoms with van der Waals surface area (Å²) in [5, 5.41) is 11.1. The molecule has 0 aliphatic rings. The molecular formula is C25H20F3N2O2+. The van der Waals surface area contributed by atoms with Crippen molar-refractivity contribution in [3.05, 3.63) is 106 Å². The number of rotatable bonds is 4. The molecule has 0 bridgehead atoms. The lowest BCUT2D eigenvalue weighted by Gasteiger charge is -2.12. The monoisotopic (exact) mass is 437 g/mol. The van der Waals surface area contributed by atoms with Crippen molar-refractivity contribution in [3.63, 3.8) is 0 Å². The molecular weight excluding hydrogens is 417 g/mol. The summed E-state index contributed by atoms with van der Waals surface area (Å²) in [5.41, 5.74) is 0.487. The van der Waals surface area contributed by atoms with Crippen LogP contribution in [0.5, 0.6) is 5.88 Å². The van der Waals surface area contributed by atoms with Crippen LogP contribution in [0.1, 0.15) is 16.7 Å². The molecule has 7 heteroatoms. The Bertz CT molecular complexity index is 1370. The largest absolute Gasteiger partial charge is 0.477 e. The van der Waals surface area contributed by atoms with Crippen molar-refractivity contribution in [3.8, 4) is 17.0 Å². The normalized spacial score (nSPS) is 12.0. The van der Waals surface area contributed by atoms with Gasteiger partial charge in [-0.15, -0.1) is 0 Å². The molecule has 32 heavy (non-hydrogen) atoms. The van der Waals surface area contributed by atoms with Gasteiger partial charge in [0.1, 0.15) is 6.54 Å². The summed E-state index contributed by atoms with van der Waals surface area (Å²) in [6, 6.07) is 17.5. The summed E-state index contributed by atoms with van der Waals surface area (Å²) < 4.78 is 42.6. The second kappa shape index (κ2) is 8.34. The standard InChI is InChI=1S/C25H19F3N2O2/c1-17-8-6-14-29-22(17)30(15-7-11-18-9-3-2-4-10-18)24(32)21(23(29)31)19-12-5-13-20(16-19)25(26,27)28/h2-14,16H,15H2,1H3/p+1. The molecule has 0 aliphatic heterocycles. The van der Waals surface area contributed by atoms with Crippen LogP contribution in [-0.2, 0) is 12.7 Å². The topological polar surface area (TPSA) is 45.6 Å². The second-order valence-electron chi connectivity index (χ2n) is 7.39. The minimum Gasteiger partial charge on any atom is -0.477 e. The minimum atomic E-state index is -4.57. The van der Waals surface area contributed by atoms with Gasteiger partial charge in [0, 0.05) is 5.56 Å². The van der Waals surface area contributed by atoms with Crippen LogP contribution in [-0.4, -0.2) is 9.51 Å². The fourth-order valence-electron chi connectivity index (χ4n) is 3.70. The van der Waals surface area contributed by atoms with Gasteiger partial charge in [-0.2, -0.15) is 22.1 Å². The Hall–Kier alpha value is -3.87. The molecule has 0 amide bonds. The predicted octanol–water partition coefficient (Wildman–Crippen LogP) is 5.00. The van der Waals surface area contributed by atoms with Crippen LogP contribution in [0.4, 0.5) is 13.2 Å². The van der Waals surface area contributed by atoms with E-state index in [4.69, 9.17) is 0 Å². The zero-order valence-electron chi connectivity index (χ0n) is 17.2. The molecule has 0 unspecified atom stereocenters. The van der Waals surface area contributed by atoms with Crippen LogP contribution in [0.3, 0.4) is 0 Å². The van der Waals surface area contributed by atoms with Crippen molar-refractivity contribution in [1.29, 1.82) is 0 Å². The Morgan fingerprint density at radius 1 is 1.03 bits per heavy atom. The first-order valence-electron chi connectivity index (χ1n) is 9.93. The van der Waals surface area contributed by atoms with Crippen LogP contribution in [0.2, 0.25) is 0 Å². The van der Waals surface area contributed by atoms with Crippen molar-refractivity contribution >= 4 is 11.7 Å². The first kappa shape index (κ1) is 21.4. The van der Waals surface area contributed by atoms with E-state index >= 15 is 0 Å². The lowest BCUT2D eigenvalue weighted by atomic mass is 10.0. The molecule has 0 aliphatic carbocycles. The van der Waals surface area contributed by atoms with E-state index in [0.29, 0.717) is 5.65 Å². The Labute approximate surface area is 182 Å². The molecule has 2 aromatic heterocycles. The fraction of sp³-hybridized carbons (Fsp3) is 0.120. The molecule has 162 valence electrons.